The summed E-state index contributed by atoms with van der Waals surface area (Å²) in [7, 11) is 0. The molecule has 0 saturated carbocycles. The van der Waals surface area contributed by atoms with Gasteiger partial charge in [0.05, 0.1) is 24.0 Å². The number of halogens is 1. The molecule has 8 nitrogen and oxygen atoms in total. The zero-order valence-electron chi connectivity index (χ0n) is 33.0. The highest BCUT2D eigenvalue weighted by atomic mass is 19.1. The summed E-state index contributed by atoms with van der Waals surface area (Å²) in [5, 5.41) is 0. The van der Waals surface area contributed by atoms with Crippen molar-refractivity contribution < 1.29 is 42.5 Å². The molecule has 0 heterocycles. The van der Waals surface area contributed by atoms with E-state index in [-0.39, 0.29) is 45.8 Å². The number of benzene rings is 4. The van der Waals surface area contributed by atoms with E-state index in [1.54, 1.807) is 74.5 Å². The van der Waals surface area contributed by atoms with Gasteiger partial charge in [-0.05, 0) is 106 Å². The monoisotopic (exact) mass is 786 g/mol. The number of carbonyl (C=O) groups is 4. The van der Waals surface area contributed by atoms with E-state index < -0.39 is 29.7 Å². The van der Waals surface area contributed by atoms with Crippen LogP contribution < -0.4 is 9.47 Å². The van der Waals surface area contributed by atoms with Crippen molar-refractivity contribution >= 4 is 30.0 Å². The van der Waals surface area contributed by atoms with Crippen LogP contribution in [0.4, 0.5) is 4.39 Å². The summed E-state index contributed by atoms with van der Waals surface area (Å²) in [4.78, 5) is 48.5. The van der Waals surface area contributed by atoms with Gasteiger partial charge in [0, 0.05) is 56.5 Å². The van der Waals surface area contributed by atoms with Crippen molar-refractivity contribution in [1.29, 1.82) is 0 Å². The topological polar surface area (TPSA) is 105 Å². The zero-order chi connectivity index (χ0) is 43.1. The maximum atomic E-state index is 16.1. The van der Waals surface area contributed by atoms with Gasteiger partial charge in [0.15, 0.2) is 5.75 Å². The Kier molecular flexibility index (Phi) is 15.5. The lowest BCUT2D eigenvalue weighted by Gasteiger charge is -2.13. The molecule has 0 aromatic heterocycles. The molecule has 0 aliphatic carbocycles. The van der Waals surface area contributed by atoms with Crippen molar-refractivity contribution in [2.24, 2.45) is 0 Å². The quantitative estimate of drug-likeness (QED) is 0.0489. The second kappa shape index (κ2) is 20.8. The second-order valence-corrected chi connectivity index (χ2v) is 13.1. The van der Waals surface area contributed by atoms with Gasteiger partial charge in [-0.25, -0.2) is 23.6 Å². The van der Waals surface area contributed by atoms with Crippen molar-refractivity contribution in [3.63, 3.8) is 0 Å². The van der Waals surface area contributed by atoms with Crippen LogP contribution in [0.5, 0.6) is 11.5 Å². The SMILES string of the molecule is C=C(C)C(=O)OC=Cc1c(C#Cc2ccc(C#Cc3ccc(OC(=O)C(=C)C)cc3)cc2)c(F)cc(C#Cc2ccc(CCOC(=O)C(=C)C)cc2)c1OC(=O)C(=C)C. The molecule has 4 aromatic carbocycles. The fraction of sp³-hybridized carbons (Fsp3) is 0.120. The predicted molar refractivity (Wildman–Crippen MR) is 224 cm³/mol. The maximum absolute atomic E-state index is 16.1. The minimum Gasteiger partial charge on any atom is -0.462 e. The number of ether oxygens (including phenoxy) is 4. The van der Waals surface area contributed by atoms with Crippen LogP contribution in [0.2, 0.25) is 0 Å². The van der Waals surface area contributed by atoms with Crippen molar-refractivity contribution in [3.05, 3.63) is 184 Å². The lowest BCUT2D eigenvalue weighted by molar-refractivity contribution is -0.139. The van der Waals surface area contributed by atoms with Gasteiger partial charge in [-0.15, -0.1) is 0 Å². The van der Waals surface area contributed by atoms with E-state index in [2.05, 4.69) is 61.8 Å². The standard InChI is InChI=1S/C50H39FO8/c1-32(2)47(52)56-29-27-40-17-15-37(16-18-40)19-23-41-31-45(51)43(44(28-30-57-48(53)33(3)4)46(41)59-50(55)35(7)8)26-22-38-12-9-36(10-13-38)11-14-39-20-24-42(25-21-39)58-49(54)34(5)6/h9-10,12-13,15-18,20-21,24-25,28,30-31H,1,3,5,7,27,29H2,2,4,6,8H3. The fourth-order valence-electron chi connectivity index (χ4n) is 4.58. The summed E-state index contributed by atoms with van der Waals surface area (Å²) in [5.74, 6) is 14.7. The molecule has 9 heteroatoms. The van der Waals surface area contributed by atoms with Gasteiger partial charge in [-0.2, -0.15) is 0 Å². The first-order valence-corrected chi connectivity index (χ1v) is 17.9. The van der Waals surface area contributed by atoms with Crippen molar-refractivity contribution in [2.45, 2.75) is 34.1 Å². The van der Waals surface area contributed by atoms with Gasteiger partial charge in [0.1, 0.15) is 11.6 Å². The molecular weight excluding hydrogens is 748 g/mol. The highest BCUT2D eigenvalue weighted by Crippen LogP contribution is 2.32. The van der Waals surface area contributed by atoms with Crippen LogP contribution in [0.15, 0.2) is 134 Å². The largest absolute Gasteiger partial charge is 0.462 e. The lowest BCUT2D eigenvalue weighted by atomic mass is 10.00. The molecule has 0 spiro atoms. The van der Waals surface area contributed by atoms with Crippen LogP contribution in [0.25, 0.3) is 6.08 Å². The fourth-order valence-corrected chi connectivity index (χ4v) is 4.58. The van der Waals surface area contributed by atoms with E-state index >= 15 is 4.39 Å². The van der Waals surface area contributed by atoms with Crippen molar-refractivity contribution in [2.75, 3.05) is 6.61 Å². The van der Waals surface area contributed by atoms with Crippen molar-refractivity contribution in [3.8, 4) is 47.0 Å². The average Bonchev–Trinajstić information content (AvgIpc) is 3.20. The molecule has 0 saturated heterocycles. The van der Waals surface area contributed by atoms with E-state index in [0.29, 0.717) is 40.0 Å². The highest BCUT2D eigenvalue weighted by molar-refractivity contribution is 5.91. The Morgan fingerprint density at radius 1 is 0.593 bits per heavy atom. The Morgan fingerprint density at radius 3 is 1.58 bits per heavy atom. The second-order valence-electron chi connectivity index (χ2n) is 13.1. The normalized spacial score (nSPS) is 9.98. The number of hydrogen-bond acceptors (Lipinski definition) is 8. The molecule has 0 aliphatic heterocycles. The molecule has 0 amide bonds. The van der Waals surface area contributed by atoms with Crippen LogP contribution in [0.3, 0.4) is 0 Å². The zero-order valence-corrected chi connectivity index (χ0v) is 33.0. The van der Waals surface area contributed by atoms with Gasteiger partial charge in [-0.3, -0.25) is 0 Å². The highest BCUT2D eigenvalue weighted by Gasteiger charge is 2.20. The van der Waals surface area contributed by atoms with Crippen LogP contribution in [0, 0.1) is 41.3 Å². The summed E-state index contributed by atoms with van der Waals surface area (Å²) >= 11 is 0. The van der Waals surface area contributed by atoms with E-state index in [4.69, 9.17) is 18.9 Å². The lowest BCUT2D eigenvalue weighted by Crippen LogP contribution is -2.12. The molecule has 4 aromatic rings. The molecule has 0 aliphatic rings. The third-order valence-corrected chi connectivity index (χ3v) is 7.82. The molecule has 0 radical (unpaired) electrons. The summed E-state index contributed by atoms with van der Waals surface area (Å²) in [6, 6.07) is 21.9. The Labute approximate surface area is 343 Å². The first-order valence-electron chi connectivity index (χ1n) is 17.9. The minimum atomic E-state index is -0.803. The summed E-state index contributed by atoms with van der Waals surface area (Å²) in [6.45, 7) is 20.6. The van der Waals surface area contributed by atoms with Gasteiger partial charge in [-0.1, -0.05) is 74.0 Å². The smallest absolute Gasteiger partial charge is 0.338 e. The third-order valence-electron chi connectivity index (χ3n) is 7.82. The first kappa shape index (κ1) is 43.8. The Bertz CT molecular complexity index is 2570. The van der Waals surface area contributed by atoms with Crippen LogP contribution >= 0.6 is 0 Å². The van der Waals surface area contributed by atoms with Crippen LogP contribution in [-0.2, 0) is 35.1 Å². The van der Waals surface area contributed by atoms with E-state index in [9.17, 15) is 19.2 Å². The molecule has 0 N–H and O–H groups in total. The Balaban J connectivity index is 1.68. The third kappa shape index (κ3) is 13.4. The van der Waals surface area contributed by atoms with E-state index in [1.165, 1.54) is 19.9 Å². The number of esters is 4. The molecule has 59 heavy (non-hydrogen) atoms. The Morgan fingerprint density at radius 2 is 1.05 bits per heavy atom. The summed E-state index contributed by atoms with van der Waals surface area (Å²) in [5.41, 5.74) is 3.96. The molecular formula is C50H39FO8. The molecule has 0 fully saturated rings. The number of rotatable bonds is 11. The number of carbonyl (C=O) groups excluding carboxylic acids is 4. The van der Waals surface area contributed by atoms with Crippen LogP contribution in [-0.4, -0.2) is 30.5 Å². The molecule has 294 valence electrons. The molecule has 0 bridgehead atoms. The maximum Gasteiger partial charge on any atom is 0.338 e. The van der Waals surface area contributed by atoms with Gasteiger partial charge >= 0.3 is 23.9 Å². The van der Waals surface area contributed by atoms with Gasteiger partial charge < -0.3 is 18.9 Å². The van der Waals surface area contributed by atoms with Gasteiger partial charge in [0.2, 0.25) is 0 Å². The molecule has 0 unspecified atom stereocenters. The predicted octanol–water partition coefficient (Wildman–Crippen LogP) is 8.74. The minimum absolute atomic E-state index is 0.00903. The van der Waals surface area contributed by atoms with Crippen LogP contribution in [0.1, 0.15) is 72.2 Å². The molecule has 4 rings (SSSR count). The molecule has 0 atom stereocenters. The average molecular weight is 787 g/mol. The Hall–Kier alpha value is -7.93. The number of hydrogen-bond donors (Lipinski definition) is 0. The van der Waals surface area contributed by atoms with E-state index in [1.807, 2.05) is 12.1 Å². The first-order chi connectivity index (χ1) is 28.1. The van der Waals surface area contributed by atoms with E-state index in [0.717, 1.165) is 17.9 Å². The summed E-state index contributed by atoms with van der Waals surface area (Å²) < 4.78 is 37.3. The van der Waals surface area contributed by atoms with Gasteiger partial charge in [0.25, 0.3) is 0 Å². The van der Waals surface area contributed by atoms with Crippen molar-refractivity contribution in [1.82, 2.24) is 0 Å². The summed E-state index contributed by atoms with van der Waals surface area (Å²) in [6.07, 6.45) is 2.75.